The van der Waals surface area contributed by atoms with Gasteiger partial charge in [0, 0.05) is 29.5 Å². The number of nitrogens with zero attached hydrogens (tertiary/aromatic N) is 1. The average molecular weight is 247 g/mol. The Morgan fingerprint density at radius 2 is 2.06 bits per heavy atom. The van der Waals surface area contributed by atoms with Crippen molar-refractivity contribution in [1.29, 1.82) is 0 Å². The summed E-state index contributed by atoms with van der Waals surface area (Å²) >= 11 is 5.96. The molecule has 0 spiro atoms. The fraction of sp³-hybridized carbons (Fsp3) is 0.357. The fourth-order valence-electron chi connectivity index (χ4n) is 2.10. The summed E-state index contributed by atoms with van der Waals surface area (Å²) in [6.45, 7) is 0.848. The van der Waals surface area contributed by atoms with Crippen LogP contribution in [0.15, 0.2) is 36.5 Å². The van der Waals surface area contributed by atoms with Gasteiger partial charge in [-0.3, -0.25) is 4.98 Å². The van der Waals surface area contributed by atoms with E-state index in [1.807, 2.05) is 12.3 Å². The predicted molar refractivity (Wildman–Crippen MR) is 71.3 cm³/mol. The maximum Gasteiger partial charge on any atom is 0.0746 e. The first-order valence-corrected chi connectivity index (χ1v) is 6.50. The number of fused-ring (bicyclic) bond motifs is 1. The van der Waals surface area contributed by atoms with Gasteiger partial charge in [-0.1, -0.05) is 24.3 Å². The molecule has 88 valence electrons. The van der Waals surface area contributed by atoms with Gasteiger partial charge in [-0.05, 0) is 24.5 Å². The second-order valence-corrected chi connectivity index (χ2v) is 5.03. The molecule has 3 heteroatoms. The van der Waals surface area contributed by atoms with Crippen molar-refractivity contribution < 1.29 is 0 Å². The number of aromatic nitrogens is 1. The number of pyridine rings is 1. The molecule has 0 aliphatic heterocycles. The summed E-state index contributed by atoms with van der Waals surface area (Å²) in [5, 5.41) is 4.75. The lowest BCUT2D eigenvalue weighted by molar-refractivity contribution is 0.544. The molecule has 3 rings (SSSR count). The Kier molecular flexibility index (Phi) is 2.77. The van der Waals surface area contributed by atoms with Crippen molar-refractivity contribution in [2.45, 2.75) is 24.9 Å². The Bertz CT molecular complexity index is 529. The number of benzene rings is 1. The average Bonchev–Trinajstić information content (AvgIpc) is 3.17. The highest BCUT2D eigenvalue weighted by Gasteiger charge is 2.41. The lowest BCUT2D eigenvalue weighted by Gasteiger charge is -2.14. The van der Waals surface area contributed by atoms with Crippen LogP contribution in [-0.2, 0) is 6.54 Å². The molecule has 1 aromatic heterocycles. The van der Waals surface area contributed by atoms with E-state index in [-0.39, 0.29) is 5.54 Å². The number of nitrogens with one attached hydrogen (secondary N) is 1. The highest BCUT2D eigenvalue weighted by atomic mass is 35.5. The Balaban J connectivity index is 1.85. The molecule has 0 radical (unpaired) electrons. The molecule has 17 heavy (non-hydrogen) atoms. The van der Waals surface area contributed by atoms with Crippen LogP contribution in [0.25, 0.3) is 10.9 Å². The van der Waals surface area contributed by atoms with Crippen molar-refractivity contribution in [2.75, 3.05) is 5.88 Å². The highest BCUT2D eigenvalue weighted by molar-refractivity contribution is 6.18. The van der Waals surface area contributed by atoms with E-state index in [1.165, 1.54) is 23.8 Å². The topological polar surface area (TPSA) is 24.9 Å². The highest BCUT2D eigenvalue weighted by Crippen LogP contribution is 2.36. The largest absolute Gasteiger partial charge is 0.306 e. The zero-order valence-electron chi connectivity index (χ0n) is 9.62. The standard InChI is InChI=1S/C14H15ClN2/c15-10-14(6-7-14)17-9-12-4-1-3-11-5-2-8-16-13(11)12/h1-5,8,17H,6-7,9-10H2. The number of para-hydroxylation sites is 1. The lowest BCUT2D eigenvalue weighted by Crippen LogP contribution is -2.32. The Hall–Kier alpha value is -1.12. The van der Waals surface area contributed by atoms with Gasteiger partial charge in [0.25, 0.3) is 0 Å². The summed E-state index contributed by atoms with van der Waals surface area (Å²) in [7, 11) is 0. The summed E-state index contributed by atoms with van der Waals surface area (Å²) in [6, 6.07) is 10.4. The molecule has 0 saturated heterocycles. The summed E-state index contributed by atoms with van der Waals surface area (Å²) in [6.07, 6.45) is 4.23. The van der Waals surface area contributed by atoms with E-state index in [4.69, 9.17) is 11.6 Å². The maximum absolute atomic E-state index is 5.96. The molecule has 1 aliphatic rings. The van der Waals surface area contributed by atoms with E-state index in [0.29, 0.717) is 5.88 Å². The summed E-state index contributed by atoms with van der Waals surface area (Å²) in [5.74, 6) is 0.700. The van der Waals surface area contributed by atoms with Gasteiger partial charge < -0.3 is 5.32 Å². The quantitative estimate of drug-likeness (QED) is 0.839. The Morgan fingerprint density at radius 1 is 1.24 bits per heavy atom. The van der Waals surface area contributed by atoms with Crippen molar-refractivity contribution >= 4 is 22.5 Å². The molecule has 1 saturated carbocycles. The molecule has 0 bridgehead atoms. The van der Waals surface area contributed by atoms with Crippen LogP contribution in [0.4, 0.5) is 0 Å². The van der Waals surface area contributed by atoms with Gasteiger partial charge in [-0.15, -0.1) is 11.6 Å². The third-order valence-corrected chi connectivity index (χ3v) is 3.99. The summed E-state index contributed by atoms with van der Waals surface area (Å²) < 4.78 is 0. The molecule has 1 aromatic carbocycles. The van der Waals surface area contributed by atoms with E-state index in [1.54, 1.807) is 0 Å². The lowest BCUT2D eigenvalue weighted by atomic mass is 10.1. The molecule has 1 fully saturated rings. The van der Waals surface area contributed by atoms with E-state index in [2.05, 4.69) is 34.6 Å². The van der Waals surface area contributed by atoms with Crippen molar-refractivity contribution in [3.63, 3.8) is 0 Å². The smallest absolute Gasteiger partial charge is 0.0746 e. The number of alkyl halides is 1. The van der Waals surface area contributed by atoms with Crippen LogP contribution in [0.5, 0.6) is 0 Å². The van der Waals surface area contributed by atoms with Crippen molar-refractivity contribution in [2.24, 2.45) is 0 Å². The SMILES string of the molecule is ClCC1(NCc2cccc3cccnc23)CC1. The minimum absolute atomic E-state index is 0.193. The van der Waals surface area contributed by atoms with Crippen LogP contribution in [0.1, 0.15) is 18.4 Å². The monoisotopic (exact) mass is 246 g/mol. The molecule has 2 aromatic rings. The van der Waals surface area contributed by atoms with E-state index < -0.39 is 0 Å². The van der Waals surface area contributed by atoms with Gasteiger partial charge >= 0.3 is 0 Å². The van der Waals surface area contributed by atoms with E-state index in [9.17, 15) is 0 Å². The van der Waals surface area contributed by atoms with Crippen LogP contribution in [0.3, 0.4) is 0 Å². The first-order valence-electron chi connectivity index (χ1n) is 5.97. The first-order chi connectivity index (χ1) is 8.33. The van der Waals surface area contributed by atoms with Gasteiger partial charge in [-0.25, -0.2) is 0 Å². The Morgan fingerprint density at radius 3 is 2.82 bits per heavy atom. The number of hydrogen-bond donors (Lipinski definition) is 1. The van der Waals surface area contributed by atoms with Gasteiger partial charge in [0.05, 0.1) is 5.52 Å². The van der Waals surface area contributed by atoms with Crippen LogP contribution >= 0.6 is 11.6 Å². The van der Waals surface area contributed by atoms with Crippen LogP contribution < -0.4 is 5.32 Å². The second-order valence-electron chi connectivity index (χ2n) is 4.76. The molecule has 0 unspecified atom stereocenters. The second kappa shape index (κ2) is 4.28. The molecular weight excluding hydrogens is 232 g/mol. The van der Waals surface area contributed by atoms with Crippen molar-refractivity contribution in [3.8, 4) is 0 Å². The zero-order valence-corrected chi connectivity index (χ0v) is 10.4. The molecule has 1 N–H and O–H groups in total. The zero-order chi connectivity index (χ0) is 11.7. The maximum atomic E-state index is 5.96. The predicted octanol–water partition coefficient (Wildman–Crippen LogP) is 3.10. The number of rotatable bonds is 4. The minimum atomic E-state index is 0.193. The van der Waals surface area contributed by atoms with Gasteiger partial charge in [0.2, 0.25) is 0 Å². The van der Waals surface area contributed by atoms with Gasteiger partial charge in [0.1, 0.15) is 0 Å². The minimum Gasteiger partial charge on any atom is -0.306 e. The van der Waals surface area contributed by atoms with E-state index >= 15 is 0 Å². The molecular formula is C14H15ClN2. The van der Waals surface area contributed by atoms with Crippen LogP contribution in [0, 0.1) is 0 Å². The number of hydrogen-bond acceptors (Lipinski definition) is 2. The van der Waals surface area contributed by atoms with Gasteiger partial charge in [0.15, 0.2) is 0 Å². The first kappa shape index (κ1) is 11.0. The van der Waals surface area contributed by atoms with Gasteiger partial charge in [-0.2, -0.15) is 0 Å². The summed E-state index contributed by atoms with van der Waals surface area (Å²) in [4.78, 5) is 4.46. The normalized spacial score (nSPS) is 17.2. The molecule has 0 amide bonds. The van der Waals surface area contributed by atoms with E-state index in [0.717, 1.165) is 12.1 Å². The summed E-state index contributed by atoms with van der Waals surface area (Å²) in [5.41, 5.74) is 2.53. The third kappa shape index (κ3) is 2.15. The van der Waals surface area contributed by atoms with Crippen LogP contribution in [0.2, 0.25) is 0 Å². The van der Waals surface area contributed by atoms with Crippen LogP contribution in [-0.4, -0.2) is 16.4 Å². The number of halogens is 1. The Labute approximate surface area is 106 Å². The van der Waals surface area contributed by atoms with Crippen molar-refractivity contribution in [1.82, 2.24) is 10.3 Å². The fourth-order valence-corrected chi connectivity index (χ4v) is 2.46. The third-order valence-electron chi connectivity index (χ3n) is 3.48. The molecule has 1 heterocycles. The molecule has 2 nitrogen and oxygen atoms in total. The molecule has 0 atom stereocenters. The van der Waals surface area contributed by atoms with Crippen molar-refractivity contribution in [3.05, 3.63) is 42.1 Å². The molecule has 1 aliphatic carbocycles.